The first-order chi connectivity index (χ1) is 13.9. The predicted octanol–water partition coefficient (Wildman–Crippen LogP) is 4.00. The number of aryl methyl sites for hydroxylation is 1. The van der Waals surface area contributed by atoms with Gasteiger partial charge in [0.1, 0.15) is 6.54 Å². The molecule has 0 spiro atoms. The lowest BCUT2D eigenvalue weighted by atomic mass is 10.1. The summed E-state index contributed by atoms with van der Waals surface area (Å²) in [6, 6.07) is 12.9. The topological polar surface area (TPSA) is 88.9 Å². The van der Waals surface area contributed by atoms with Gasteiger partial charge in [0.05, 0.1) is 5.69 Å². The molecule has 150 valence electrons. The van der Waals surface area contributed by atoms with Gasteiger partial charge in [0.2, 0.25) is 5.91 Å². The standard InChI is InChI=1S/C21H22ClN5O2/c1-4-15-8-5-6-10-18(15)24-21(29)20-14(3)27(26-25-20)12-19(28)23-17-11-7-9-16(22)13(17)2/h5-11H,4,12H2,1-3H3,(H,23,28)(H,24,29). The number of hydrogen-bond donors (Lipinski definition) is 2. The summed E-state index contributed by atoms with van der Waals surface area (Å²) in [7, 11) is 0. The van der Waals surface area contributed by atoms with Crippen molar-refractivity contribution >= 4 is 34.8 Å². The van der Waals surface area contributed by atoms with Crippen molar-refractivity contribution in [1.82, 2.24) is 15.0 Å². The Morgan fingerprint density at radius 3 is 2.52 bits per heavy atom. The number of para-hydroxylation sites is 1. The predicted molar refractivity (Wildman–Crippen MR) is 113 cm³/mol. The van der Waals surface area contributed by atoms with Gasteiger partial charge in [-0.05, 0) is 49.6 Å². The van der Waals surface area contributed by atoms with Crippen LogP contribution in [0.25, 0.3) is 0 Å². The van der Waals surface area contributed by atoms with E-state index in [1.807, 2.05) is 38.1 Å². The number of amides is 2. The summed E-state index contributed by atoms with van der Waals surface area (Å²) in [4.78, 5) is 25.0. The van der Waals surface area contributed by atoms with Crippen LogP contribution in [0.1, 0.15) is 34.2 Å². The Morgan fingerprint density at radius 2 is 1.76 bits per heavy atom. The molecular weight excluding hydrogens is 390 g/mol. The number of nitrogens with zero attached hydrogens (tertiary/aromatic N) is 3. The maximum absolute atomic E-state index is 12.6. The molecule has 0 atom stereocenters. The molecule has 0 aliphatic heterocycles. The number of halogens is 1. The lowest BCUT2D eigenvalue weighted by molar-refractivity contribution is -0.117. The van der Waals surface area contributed by atoms with Crippen LogP contribution in [0.2, 0.25) is 5.02 Å². The monoisotopic (exact) mass is 411 g/mol. The van der Waals surface area contributed by atoms with Gasteiger partial charge in [-0.1, -0.05) is 48.0 Å². The van der Waals surface area contributed by atoms with Crippen molar-refractivity contribution in [3.8, 4) is 0 Å². The van der Waals surface area contributed by atoms with E-state index in [1.54, 1.807) is 25.1 Å². The third-order valence-corrected chi connectivity index (χ3v) is 5.09. The molecule has 0 bridgehead atoms. The SMILES string of the molecule is CCc1ccccc1NC(=O)c1nnn(CC(=O)Nc2cccc(Cl)c2C)c1C. The molecule has 7 nitrogen and oxygen atoms in total. The van der Waals surface area contributed by atoms with Crippen molar-refractivity contribution in [3.05, 3.63) is 70.0 Å². The number of rotatable bonds is 6. The fraction of sp³-hybridized carbons (Fsp3) is 0.238. The molecule has 0 fully saturated rings. The molecule has 3 rings (SSSR count). The number of anilines is 2. The Balaban J connectivity index is 1.71. The minimum Gasteiger partial charge on any atom is -0.324 e. The largest absolute Gasteiger partial charge is 0.324 e. The van der Waals surface area contributed by atoms with E-state index in [9.17, 15) is 9.59 Å². The van der Waals surface area contributed by atoms with E-state index >= 15 is 0 Å². The van der Waals surface area contributed by atoms with Gasteiger partial charge in [-0.3, -0.25) is 9.59 Å². The highest BCUT2D eigenvalue weighted by Crippen LogP contribution is 2.23. The van der Waals surface area contributed by atoms with Gasteiger partial charge in [0.15, 0.2) is 5.69 Å². The molecule has 0 saturated heterocycles. The fourth-order valence-electron chi connectivity index (χ4n) is 2.92. The average Bonchev–Trinajstić information content (AvgIpc) is 3.06. The second-order valence-electron chi connectivity index (χ2n) is 6.61. The summed E-state index contributed by atoms with van der Waals surface area (Å²) in [5.41, 5.74) is 3.88. The van der Waals surface area contributed by atoms with Crippen LogP contribution in [-0.2, 0) is 17.8 Å². The molecule has 0 aliphatic carbocycles. The van der Waals surface area contributed by atoms with Gasteiger partial charge >= 0.3 is 0 Å². The highest BCUT2D eigenvalue weighted by atomic mass is 35.5. The van der Waals surface area contributed by atoms with Gasteiger partial charge in [-0.15, -0.1) is 5.10 Å². The number of hydrogen-bond acceptors (Lipinski definition) is 4. The molecule has 2 aromatic carbocycles. The van der Waals surface area contributed by atoms with Crippen LogP contribution in [-0.4, -0.2) is 26.8 Å². The van der Waals surface area contributed by atoms with E-state index in [-0.39, 0.29) is 24.1 Å². The molecule has 3 aromatic rings. The van der Waals surface area contributed by atoms with Crippen LogP contribution in [0.5, 0.6) is 0 Å². The number of carbonyl (C=O) groups excluding carboxylic acids is 2. The summed E-state index contributed by atoms with van der Waals surface area (Å²) in [5.74, 6) is -0.646. The Kier molecular flexibility index (Phi) is 6.29. The van der Waals surface area contributed by atoms with Crippen molar-refractivity contribution in [2.45, 2.75) is 33.7 Å². The molecule has 0 radical (unpaired) electrons. The van der Waals surface area contributed by atoms with Crippen molar-refractivity contribution in [1.29, 1.82) is 0 Å². The summed E-state index contributed by atoms with van der Waals surface area (Å²) in [6.45, 7) is 5.49. The Hall–Kier alpha value is -3.19. The smallest absolute Gasteiger partial charge is 0.278 e. The lowest BCUT2D eigenvalue weighted by Crippen LogP contribution is -2.21. The number of nitrogens with one attached hydrogen (secondary N) is 2. The molecule has 0 unspecified atom stereocenters. The molecule has 0 saturated carbocycles. The first-order valence-corrected chi connectivity index (χ1v) is 9.62. The van der Waals surface area contributed by atoms with Crippen LogP contribution in [0, 0.1) is 13.8 Å². The summed E-state index contributed by atoms with van der Waals surface area (Å²) in [6.07, 6.45) is 0.797. The van der Waals surface area contributed by atoms with Crippen LogP contribution in [0.4, 0.5) is 11.4 Å². The van der Waals surface area contributed by atoms with Crippen molar-refractivity contribution in [3.63, 3.8) is 0 Å². The molecule has 1 heterocycles. The lowest BCUT2D eigenvalue weighted by Gasteiger charge is -2.10. The molecule has 2 N–H and O–H groups in total. The van der Waals surface area contributed by atoms with Crippen LogP contribution in [0.15, 0.2) is 42.5 Å². The van der Waals surface area contributed by atoms with Crippen molar-refractivity contribution in [2.75, 3.05) is 10.6 Å². The van der Waals surface area contributed by atoms with E-state index in [4.69, 9.17) is 11.6 Å². The van der Waals surface area contributed by atoms with Gasteiger partial charge in [-0.25, -0.2) is 4.68 Å². The van der Waals surface area contributed by atoms with E-state index < -0.39 is 0 Å². The summed E-state index contributed by atoms with van der Waals surface area (Å²) >= 11 is 6.09. The van der Waals surface area contributed by atoms with Gasteiger partial charge in [0, 0.05) is 16.4 Å². The molecule has 8 heteroatoms. The highest BCUT2D eigenvalue weighted by molar-refractivity contribution is 6.31. The third kappa shape index (κ3) is 4.63. The normalized spacial score (nSPS) is 10.6. The fourth-order valence-corrected chi connectivity index (χ4v) is 3.10. The summed E-state index contributed by atoms with van der Waals surface area (Å²) in [5, 5.41) is 14.2. The van der Waals surface area contributed by atoms with Crippen molar-refractivity contribution < 1.29 is 9.59 Å². The molecule has 29 heavy (non-hydrogen) atoms. The van der Waals surface area contributed by atoms with Crippen LogP contribution >= 0.6 is 11.6 Å². The second-order valence-corrected chi connectivity index (χ2v) is 7.01. The highest BCUT2D eigenvalue weighted by Gasteiger charge is 2.19. The molecule has 1 aromatic heterocycles. The van der Waals surface area contributed by atoms with E-state index in [0.29, 0.717) is 16.4 Å². The zero-order valence-corrected chi connectivity index (χ0v) is 17.2. The van der Waals surface area contributed by atoms with E-state index in [0.717, 1.165) is 23.2 Å². The minimum atomic E-state index is -0.360. The Bertz CT molecular complexity index is 1060. The average molecular weight is 412 g/mol. The number of benzene rings is 2. The first kappa shape index (κ1) is 20.5. The zero-order valence-electron chi connectivity index (χ0n) is 16.5. The van der Waals surface area contributed by atoms with Gasteiger partial charge in [0.25, 0.3) is 5.91 Å². The Morgan fingerprint density at radius 1 is 1.03 bits per heavy atom. The first-order valence-electron chi connectivity index (χ1n) is 9.25. The van der Waals surface area contributed by atoms with Gasteiger partial charge < -0.3 is 10.6 Å². The molecular formula is C21H22ClN5O2. The maximum atomic E-state index is 12.6. The zero-order chi connectivity index (χ0) is 21.0. The Labute approximate surface area is 174 Å². The van der Waals surface area contributed by atoms with E-state index in [2.05, 4.69) is 20.9 Å². The van der Waals surface area contributed by atoms with Crippen molar-refractivity contribution in [2.24, 2.45) is 0 Å². The molecule has 2 amide bonds. The maximum Gasteiger partial charge on any atom is 0.278 e. The summed E-state index contributed by atoms with van der Waals surface area (Å²) < 4.78 is 1.40. The van der Waals surface area contributed by atoms with Crippen LogP contribution in [0.3, 0.4) is 0 Å². The minimum absolute atomic E-state index is 0.0659. The van der Waals surface area contributed by atoms with Gasteiger partial charge in [-0.2, -0.15) is 0 Å². The van der Waals surface area contributed by atoms with E-state index in [1.165, 1.54) is 4.68 Å². The van der Waals surface area contributed by atoms with Crippen LogP contribution < -0.4 is 10.6 Å². The number of aromatic nitrogens is 3. The third-order valence-electron chi connectivity index (χ3n) is 4.68. The second kappa shape index (κ2) is 8.87. The number of carbonyl (C=O) groups is 2. The molecule has 0 aliphatic rings. The quantitative estimate of drug-likeness (QED) is 0.641.